The molecule has 1 aromatic heterocycles. The minimum atomic E-state index is -0.503. The van der Waals surface area contributed by atoms with Gasteiger partial charge in [-0.3, -0.25) is 14.2 Å². The van der Waals surface area contributed by atoms with Crippen molar-refractivity contribution in [3.05, 3.63) is 44.6 Å². The van der Waals surface area contributed by atoms with E-state index in [2.05, 4.69) is 10.3 Å². The summed E-state index contributed by atoms with van der Waals surface area (Å²) in [4.78, 5) is 38.4. The van der Waals surface area contributed by atoms with E-state index >= 15 is 0 Å². The number of H-pyrrole nitrogens is 1. The lowest BCUT2D eigenvalue weighted by Gasteiger charge is -2.11. The van der Waals surface area contributed by atoms with Gasteiger partial charge in [-0.25, -0.2) is 4.79 Å². The van der Waals surface area contributed by atoms with Gasteiger partial charge in [-0.2, -0.15) is 0 Å². The van der Waals surface area contributed by atoms with Crippen molar-refractivity contribution in [3.63, 3.8) is 0 Å². The number of aliphatic hydroxyl groups excluding tert-OH is 1. The Morgan fingerprint density at radius 1 is 1.43 bits per heavy atom. The molecule has 7 nitrogen and oxygen atoms in total. The smallest absolute Gasteiger partial charge is 0.328 e. The minimum Gasteiger partial charge on any atom is -0.394 e. The number of aliphatic hydroxyl groups is 1. The second-order valence-electron chi connectivity index (χ2n) is 4.80. The van der Waals surface area contributed by atoms with E-state index < -0.39 is 5.69 Å². The summed E-state index contributed by atoms with van der Waals surface area (Å²) in [5.74, 6) is -0.376. The lowest BCUT2D eigenvalue weighted by atomic mass is 10.1. The molecule has 7 heteroatoms. The standard InChI is InChI=1S/C14H17N3O4/c1-3-17-13(20)10-5-4-9(6-11(10)16-14(17)21)12(19)15-8(2)7-18/h4-6,8,18H,3,7H2,1-2H3,(H,15,19)(H,16,21)/t8-/m0/s1. The van der Waals surface area contributed by atoms with Gasteiger partial charge in [-0.1, -0.05) is 0 Å². The molecular formula is C14H17N3O4. The number of hydrogen-bond donors (Lipinski definition) is 3. The van der Waals surface area contributed by atoms with Crippen LogP contribution in [0, 0.1) is 0 Å². The Balaban J connectivity index is 2.50. The van der Waals surface area contributed by atoms with Crippen LogP contribution in [0.4, 0.5) is 0 Å². The summed E-state index contributed by atoms with van der Waals surface area (Å²) in [6.45, 7) is 3.49. The molecule has 0 aliphatic carbocycles. The number of carbonyl (C=O) groups excluding carboxylic acids is 1. The van der Waals surface area contributed by atoms with Gasteiger partial charge in [-0.05, 0) is 32.0 Å². The van der Waals surface area contributed by atoms with E-state index in [-0.39, 0.29) is 30.7 Å². The molecule has 3 N–H and O–H groups in total. The third-order valence-electron chi connectivity index (χ3n) is 3.21. The van der Waals surface area contributed by atoms with Crippen LogP contribution in [0.2, 0.25) is 0 Å². The van der Waals surface area contributed by atoms with Crippen LogP contribution in [-0.2, 0) is 6.54 Å². The predicted molar refractivity (Wildman–Crippen MR) is 78.5 cm³/mol. The second kappa shape index (κ2) is 5.92. The van der Waals surface area contributed by atoms with Crippen molar-refractivity contribution in [2.24, 2.45) is 0 Å². The summed E-state index contributed by atoms with van der Waals surface area (Å²) in [6.07, 6.45) is 0. The fourth-order valence-corrected chi connectivity index (χ4v) is 2.04. The van der Waals surface area contributed by atoms with Crippen LogP contribution in [0.3, 0.4) is 0 Å². The van der Waals surface area contributed by atoms with Crippen LogP contribution in [-0.4, -0.2) is 33.2 Å². The van der Waals surface area contributed by atoms with Gasteiger partial charge in [0, 0.05) is 18.2 Å². The third-order valence-corrected chi connectivity index (χ3v) is 3.21. The molecule has 0 bridgehead atoms. The zero-order valence-electron chi connectivity index (χ0n) is 11.8. The van der Waals surface area contributed by atoms with Gasteiger partial charge < -0.3 is 15.4 Å². The molecular weight excluding hydrogens is 274 g/mol. The number of aromatic nitrogens is 2. The summed E-state index contributed by atoms with van der Waals surface area (Å²) in [5, 5.41) is 11.9. The molecule has 0 radical (unpaired) electrons. The lowest BCUT2D eigenvalue weighted by molar-refractivity contribution is 0.0922. The molecule has 112 valence electrons. The molecule has 0 saturated heterocycles. The zero-order valence-corrected chi connectivity index (χ0v) is 11.8. The highest BCUT2D eigenvalue weighted by molar-refractivity contribution is 5.97. The molecule has 21 heavy (non-hydrogen) atoms. The molecule has 2 aromatic rings. The summed E-state index contributed by atoms with van der Waals surface area (Å²) < 4.78 is 1.09. The lowest BCUT2D eigenvalue weighted by Crippen LogP contribution is -2.36. The molecule has 1 heterocycles. The van der Waals surface area contributed by atoms with E-state index in [9.17, 15) is 14.4 Å². The summed E-state index contributed by atoms with van der Waals surface area (Å²) >= 11 is 0. The maximum atomic E-state index is 12.1. The zero-order chi connectivity index (χ0) is 15.6. The maximum absolute atomic E-state index is 12.1. The van der Waals surface area contributed by atoms with Crippen LogP contribution < -0.4 is 16.6 Å². The fraction of sp³-hybridized carbons (Fsp3) is 0.357. The van der Waals surface area contributed by atoms with Gasteiger partial charge in [0.05, 0.1) is 17.5 Å². The number of amides is 1. The highest BCUT2D eigenvalue weighted by Gasteiger charge is 2.12. The molecule has 2 rings (SSSR count). The molecule has 0 spiro atoms. The van der Waals surface area contributed by atoms with Crippen molar-refractivity contribution < 1.29 is 9.90 Å². The van der Waals surface area contributed by atoms with E-state index in [1.54, 1.807) is 13.8 Å². The SMILES string of the molecule is CCn1c(=O)[nH]c2cc(C(=O)N[C@@H](C)CO)ccc2c1=O. The highest BCUT2D eigenvalue weighted by atomic mass is 16.3. The van der Waals surface area contributed by atoms with Crippen molar-refractivity contribution in [3.8, 4) is 0 Å². The molecule has 0 aliphatic rings. The van der Waals surface area contributed by atoms with Gasteiger partial charge in [0.1, 0.15) is 0 Å². The minimum absolute atomic E-state index is 0.169. The second-order valence-corrected chi connectivity index (χ2v) is 4.80. The van der Waals surface area contributed by atoms with Crippen LogP contribution in [0.1, 0.15) is 24.2 Å². The van der Waals surface area contributed by atoms with Crippen molar-refractivity contribution in [1.82, 2.24) is 14.9 Å². The predicted octanol–water partition coefficient (Wildman–Crippen LogP) is -0.180. The summed E-state index contributed by atoms with van der Waals surface area (Å²) in [5.41, 5.74) is -0.255. The van der Waals surface area contributed by atoms with E-state index in [0.29, 0.717) is 16.5 Å². The fourth-order valence-electron chi connectivity index (χ4n) is 2.04. The Kier molecular flexibility index (Phi) is 4.23. The quantitative estimate of drug-likeness (QED) is 0.727. The molecule has 0 aliphatic heterocycles. The van der Waals surface area contributed by atoms with Gasteiger partial charge in [-0.15, -0.1) is 0 Å². The molecule has 0 fully saturated rings. The Morgan fingerprint density at radius 3 is 2.76 bits per heavy atom. The van der Waals surface area contributed by atoms with Gasteiger partial charge in [0.25, 0.3) is 11.5 Å². The first kappa shape index (κ1) is 15.0. The summed E-state index contributed by atoms with van der Waals surface area (Å²) in [7, 11) is 0. The van der Waals surface area contributed by atoms with Crippen molar-refractivity contribution in [2.45, 2.75) is 26.4 Å². The Bertz CT molecular complexity index is 791. The topological polar surface area (TPSA) is 104 Å². The Morgan fingerprint density at radius 2 is 2.14 bits per heavy atom. The number of carbonyl (C=O) groups is 1. The highest BCUT2D eigenvalue weighted by Crippen LogP contribution is 2.09. The third kappa shape index (κ3) is 2.87. The van der Waals surface area contributed by atoms with Crippen LogP contribution in [0.15, 0.2) is 27.8 Å². The number of rotatable bonds is 4. The molecule has 0 saturated carbocycles. The first-order valence-corrected chi connectivity index (χ1v) is 6.66. The van der Waals surface area contributed by atoms with E-state index in [4.69, 9.17) is 5.11 Å². The number of aromatic amines is 1. The van der Waals surface area contributed by atoms with Crippen molar-refractivity contribution >= 4 is 16.8 Å². The normalized spacial score (nSPS) is 12.3. The van der Waals surface area contributed by atoms with Crippen LogP contribution >= 0.6 is 0 Å². The number of nitrogens with zero attached hydrogens (tertiary/aromatic N) is 1. The average Bonchev–Trinajstić information content (AvgIpc) is 2.46. The van der Waals surface area contributed by atoms with E-state index in [1.165, 1.54) is 18.2 Å². The van der Waals surface area contributed by atoms with Gasteiger partial charge >= 0.3 is 5.69 Å². The first-order valence-electron chi connectivity index (χ1n) is 6.66. The summed E-state index contributed by atoms with van der Waals surface area (Å²) in [6, 6.07) is 4.11. The average molecular weight is 291 g/mol. The van der Waals surface area contributed by atoms with Gasteiger partial charge in [0.2, 0.25) is 0 Å². The molecule has 0 unspecified atom stereocenters. The number of nitrogens with one attached hydrogen (secondary N) is 2. The maximum Gasteiger partial charge on any atom is 0.328 e. The molecule has 1 aromatic carbocycles. The Labute approximate surface area is 120 Å². The Hall–Kier alpha value is -2.41. The number of fused-ring (bicyclic) bond motifs is 1. The monoisotopic (exact) mass is 291 g/mol. The van der Waals surface area contributed by atoms with Crippen molar-refractivity contribution in [1.29, 1.82) is 0 Å². The van der Waals surface area contributed by atoms with Gasteiger partial charge in [0.15, 0.2) is 0 Å². The number of hydrogen-bond acceptors (Lipinski definition) is 4. The molecule has 1 amide bonds. The van der Waals surface area contributed by atoms with E-state index in [0.717, 1.165) is 4.57 Å². The largest absolute Gasteiger partial charge is 0.394 e. The molecule has 1 atom stereocenters. The first-order chi connectivity index (χ1) is 9.97. The van der Waals surface area contributed by atoms with Crippen LogP contribution in [0.5, 0.6) is 0 Å². The van der Waals surface area contributed by atoms with Crippen LogP contribution in [0.25, 0.3) is 10.9 Å². The number of benzene rings is 1. The van der Waals surface area contributed by atoms with Crippen molar-refractivity contribution in [2.75, 3.05) is 6.61 Å². The van der Waals surface area contributed by atoms with E-state index in [1.807, 2.05) is 0 Å².